The summed E-state index contributed by atoms with van der Waals surface area (Å²) in [4.78, 5) is 14.1. The number of methoxy groups -OCH3 is 1. The van der Waals surface area contributed by atoms with Crippen molar-refractivity contribution in [1.29, 1.82) is 0 Å². The number of hydrogen-bond acceptors (Lipinski definition) is 4. The molecule has 2 aliphatic heterocycles. The highest BCUT2D eigenvalue weighted by Crippen LogP contribution is 2.62. The van der Waals surface area contributed by atoms with E-state index in [1.807, 2.05) is 0 Å². The average molecular weight is 310 g/mol. The van der Waals surface area contributed by atoms with Crippen LogP contribution in [0.4, 0.5) is 0 Å². The first-order chi connectivity index (χ1) is 14.9. The Bertz CT molecular complexity index is 1120. The molecule has 2 bridgehead atoms. The molecule has 0 radical (unpaired) electrons. The van der Waals surface area contributed by atoms with E-state index in [0.29, 0.717) is 0 Å². The van der Waals surface area contributed by atoms with Crippen LogP contribution in [-0.4, -0.2) is 43.4 Å². The smallest absolute Gasteiger partial charge is 0.174 e. The molecule has 1 aromatic rings. The number of likely N-dealkylation sites (N-methyl/N-ethyl adjacent to an activating group) is 1. The summed E-state index contributed by atoms with van der Waals surface area (Å²) >= 11 is 0. The van der Waals surface area contributed by atoms with Gasteiger partial charge in [0.05, 0.1) is 11.2 Å². The number of carbonyl (C=O) groups is 1. The highest BCUT2D eigenvalue weighted by molar-refractivity contribution is 5.89. The summed E-state index contributed by atoms with van der Waals surface area (Å²) in [6.07, 6.45) is -9.35. The van der Waals surface area contributed by atoms with Crippen molar-refractivity contribution in [3.8, 4) is 11.5 Å². The van der Waals surface area contributed by atoms with E-state index in [1.165, 1.54) is 7.11 Å². The number of benzene rings is 1. The number of likely N-dealkylation sites (tertiary alicyclic amines) is 1. The van der Waals surface area contributed by atoms with Crippen LogP contribution in [0, 0.1) is 5.89 Å². The van der Waals surface area contributed by atoms with Crippen molar-refractivity contribution < 1.29 is 29.3 Å². The third-order valence-electron chi connectivity index (χ3n) is 5.05. The molecule has 4 aliphatic rings. The molecule has 4 atom stereocenters. The van der Waals surface area contributed by atoms with Crippen molar-refractivity contribution in [3.63, 3.8) is 0 Å². The molecular formula is C18H21NO3. The molecule has 1 saturated carbocycles. The molecule has 4 nitrogen and oxygen atoms in total. The normalized spacial score (nSPS) is 57.6. The molecule has 4 heteroatoms. The molecular weight excluding hydrogens is 278 g/mol. The van der Waals surface area contributed by atoms with Gasteiger partial charge >= 0.3 is 0 Å². The van der Waals surface area contributed by atoms with E-state index in [4.69, 9.17) is 23.2 Å². The van der Waals surface area contributed by atoms with E-state index in [2.05, 4.69) is 0 Å². The lowest BCUT2D eigenvalue weighted by Gasteiger charge is -2.57. The second kappa shape index (κ2) is 4.05. The van der Waals surface area contributed by atoms with Gasteiger partial charge in [0.25, 0.3) is 0 Å². The van der Waals surface area contributed by atoms with Gasteiger partial charge in [-0.2, -0.15) is 0 Å². The first kappa shape index (κ1) is 6.16. The average Bonchev–Trinajstić information content (AvgIpc) is 2.91. The Hall–Kier alpha value is -1.55. The van der Waals surface area contributed by atoms with Crippen molar-refractivity contribution >= 4 is 5.78 Å². The van der Waals surface area contributed by atoms with E-state index < -0.39 is 73.0 Å². The van der Waals surface area contributed by atoms with E-state index in [-0.39, 0.29) is 30.0 Å². The van der Waals surface area contributed by atoms with Gasteiger partial charge in [-0.15, -0.1) is 0 Å². The van der Waals surface area contributed by atoms with Crippen molar-refractivity contribution in [2.75, 3.05) is 20.6 Å². The minimum absolute atomic E-state index is 0.124. The van der Waals surface area contributed by atoms with Crippen LogP contribution >= 0.6 is 0 Å². The molecule has 0 amide bonds. The van der Waals surface area contributed by atoms with E-state index >= 15 is 0 Å². The van der Waals surface area contributed by atoms with E-state index in [1.54, 1.807) is 0 Å². The van der Waals surface area contributed by atoms with Gasteiger partial charge in [0.15, 0.2) is 23.4 Å². The Labute approximate surface area is 145 Å². The minimum Gasteiger partial charge on any atom is -0.493 e. The standard InChI is InChI=1S/C18H21NO3/c1-19-8-7-18-11-4-5-13(20)17(18)22-16-14(21-2)6-3-10(15(16)18)9-12(11)19/h3,6,11-12,17H,4-5,7-9H2,1-2H3/t11-,12+,17?,18-/m0/s1/i1D3,3D,5D2,6D,9D2,11D,17D. The fraction of sp³-hybridized carbons (Fsp3) is 0.611. The molecule has 5 rings (SSSR count). The Balaban J connectivity index is 2.00. The van der Waals surface area contributed by atoms with E-state index in [0.717, 1.165) is 4.90 Å². The molecule has 22 heavy (non-hydrogen) atoms. The largest absolute Gasteiger partial charge is 0.493 e. The molecule has 2 aliphatic carbocycles. The van der Waals surface area contributed by atoms with Crippen LogP contribution in [0.2, 0.25) is 0 Å². The van der Waals surface area contributed by atoms with Crippen LogP contribution in [0.1, 0.15) is 45.4 Å². The first-order valence-electron chi connectivity index (χ1n) is 12.7. The highest BCUT2D eigenvalue weighted by Gasteiger charge is 2.65. The quantitative estimate of drug-likeness (QED) is 0.794. The van der Waals surface area contributed by atoms with Gasteiger partial charge in [0.2, 0.25) is 0 Å². The third kappa shape index (κ3) is 1.27. The third-order valence-corrected chi connectivity index (χ3v) is 5.05. The lowest BCUT2D eigenvalue weighted by atomic mass is 9.52. The van der Waals surface area contributed by atoms with Crippen LogP contribution in [0.3, 0.4) is 0 Å². The monoisotopic (exact) mass is 310 g/mol. The number of hydrogen-bond donors (Lipinski definition) is 0. The van der Waals surface area contributed by atoms with Crippen LogP contribution in [0.15, 0.2) is 12.1 Å². The highest BCUT2D eigenvalue weighted by atomic mass is 16.5. The second-order valence-electron chi connectivity index (χ2n) is 5.90. The maximum atomic E-state index is 13.3. The van der Waals surface area contributed by atoms with Gasteiger partial charge in [-0.3, -0.25) is 4.79 Å². The Morgan fingerprint density at radius 3 is 3.36 bits per heavy atom. The maximum absolute atomic E-state index is 13.3. The molecule has 1 aromatic carbocycles. The van der Waals surface area contributed by atoms with Crippen molar-refractivity contribution in [3.05, 3.63) is 23.2 Å². The molecule has 116 valence electrons. The zero-order valence-corrected chi connectivity index (χ0v) is 11.9. The van der Waals surface area contributed by atoms with Crippen molar-refractivity contribution in [2.24, 2.45) is 5.89 Å². The molecule has 1 unspecified atom stereocenters. The number of rotatable bonds is 1. The fourth-order valence-electron chi connectivity index (χ4n) is 4.11. The SMILES string of the molecule is [2H]c1c([2H])c2c3c(c1OC)OC1([2H])C(=O)C([2H])([2H])C[C@@]4([2H])[C@H](N(C([2H])([2H])[2H])CC[C@]314)C2([2H])[2H]. The Morgan fingerprint density at radius 2 is 2.55 bits per heavy atom. The van der Waals surface area contributed by atoms with Gasteiger partial charge in [0, 0.05) is 34.4 Å². The predicted molar refractivity (Wildman–Crippen MR) is 81.6 cm³/mol. The first-order valence-corrected chi connectivity index (χ1v) is 7.16. The number of Topliss-reactive ketones (excluding diaryl/α,β-unsaturated/α-hetero) is 1. The molecule has 0 aromatic heterocycles. The molecule has 0 N–H and O–H groups in total. The van der Waals surface area contributed by atoms with Crippen LogP contribution < -0.4 is 9.47 Å². The van der Waals surface area contributed by atoms with E-state index in [9.17, 15) is 6.17 Å². The summed E-state index contributed by atoms with van der Waals surface area (Å²) in [6, 6.07) is -3.01. The fourth-order valence-corrected chi connectivity index (χ4v) is 4.11. The van der Waals surface area contributed by atoms with Gasteiger partial charge in [0.1, 0.15) is 0 Å². The minimum atomic E-state index is -2.87. The molecule has 1 saturated heterocycles. The number of ketones is 1. The number of ether oxygens (including phenoxy) is 2. The Kier molecular flexibility index (Phi) is 1.13. The molecule has 2 heterocycles. The predicted octanol–water partition coefficient (Wildman–Crippen LogP) is 1.93. The summed E-state index contributed by atoms with van der Waals surface area (Å²) < 4.78 is 105. The van der Waals surface area contributed by atoms with Crippen molar-refractivity contribution in [1.82, 2.24) is 4.90 Å². The lowest BCUT2D eigenvalue weighted by molar-refractivity contribution is -0.138. The van der Waals surface area contributed by atoms with Gasteiger partial charge in [-0.1, -0.05) is 6.04 Å². The summed E-state index contributed by atoms with van der Waals surface area (Å²) in [5.41, 5.74) is -2.49. The van der Waals surface area contributed by atoms with Crippen LogP contribution in [-0.2, 0) is 16.6 Å². The summed E-state index contributed by atoms with van der Waals surface area (Å²) in [7, 11) is 1.18. The van der Waals surface area contributed by atoms with Crippen LogP contribution in [0.5, 0.6) is 11.5 Å². The molecule has 1 spiro atoms. The number of piperidine rings is 1. The van der Waals surface area contributed by atoms with Crippen LogP contribution in [0.25, 0.3) is 0 Å². The van der Waals surface area contributed by atoms with Gasteiger partial charge in [-0.25, -0.2) is 0 Å². The summed E-state index contributed by atoms with van der Waals surface area (Å²) in [6.45, 7) is -3.18. The summed E-state index contributed by atoms with van der Waals surface area (Å²) in [5, 5.41) is 0. The zero-order valence-electron chi connectivity index (χ0n) is 22.9. The lowest BCUT2D eigenvalue weighted by Crippen LogP contribution is -2.65. The topological polar surface area (TPSA) is 38.8 Å². The number of nitrogens with zero attached hydrogens (tertiary/aromatic N) is 1. The summed E-state index contributed by atoms with van der Waals surface area (Å²) in [5.74, 6) is -4.21. The number of carbonyl (C=O) groups excluding carboxylic acids is 1. The Morgan fingerprint density at radius 1 is 1.64 bits per heavy atom. The van der Waals surface area contributed by atoms with Gasteiger partial charge < -0.3 is 14.4 Å². The molecule has 2 fully saturated rings. The second-order valence-corrected chi connectivity index (χ2v) is 5.90. The maximum Gasteiger partial charge on any atom is 0.174 e. The zero-order chi connectivity index (χ0) is 24.7. The van der Waals surface area contributed by atoms with Gasteiger partial charge in [-0.05, 0) is 50.2 Å². The van der Waals surface area contributed by atoms with Crippen molar-refractivity contribution in [2.45, 2.75) is 43.1 Å².